The Bertz CT molecular complexity index is 511. The molecule has 1 N–H and O–H groups in total. The summed E-state index contributed by atoms with van der Waals surface area (Å²) in [4.78, 5) is 4.60. The fourth-order valence-corrected chi connectivity index (χ4v) is 2.30. The van der Waals surface area contributed by atoms with Crippen molar-refractivity contribution >= 4 is 17.0 Å². The molecular formula is C14H19N3. The van der Waals surface area contributed by atoms with Gasteiger partial charge in [0, 0.05) is 13.6 Å². The Balaban J connectivity index is 1.65. The largest absolute Gasteiger partial charge is 0.356 e. The highest BCUT2D eigenvalue weighted by atomic mass is 15.2. The SMILES string of the molecule is Cn1c(NCCCC2CC2)nc2ccccc21. The van der Waals surface area contributed by atoms with Crippen LogP contribution in [-0.2, 0) is 7.05 Å². The normalized spacial score (nSPS) is 15.4. The van der Waals surface area contributed by atoms with Gasteiger partial charge in [-0.3, -0.25) is 0 Å². The number of hydrogen-bond acceptors (Lipinski definition) is 2. The molecule has 1 aliphatic carbocycles. The van der Waals surface area contributed by atoms with E-state index in [2.05, 4.69) is 40.1 Å². The van der Waals surface area contributed by atoms with Crippen molar-refractivity contribution in [2.75, 3.05) is 11.9 Å². The van der Waals surface area contributed by atoms with Gasteiger partial charge in [-0.05, 0) is 30.9 Å². The van der Waals surface area contributed by atoms with E-state index in [0.29, 0.717) is 0 Å². The maximum atomic E-state index is 4.60. The van der Waals surface area contributed by atoms with E-state index in [0.717, 1.165) is 23.9 Å². The molecule has 0 saturated heterocycles. The van der Waals surface area contributed by atoms with Gasteiger partial charge in [-0.15, -0.1) is 0 Å². The van der Waals surface area contributed by atoms with Crippen molar-refractivity contribution < 1.29 is 0 Å². The van der Waals surface area contributed by atoms with Crippen LogP contribution in [0.1, 0.15) is 25.7 Å². The highest BCUT2D eigenvalue weighted by molar-refractivity contribution is 5.78. The molecule has 0 amide bonds. The Morgan fingerprint density at radius 3 is 2.94 bits per heavy atom. The van der Waals surface area contributed by atoms with Gasteiger partial charge < -0.3 is 9.88 Å². The van der Waals surface area contributed by atoms with Gasteiger partial charge >= 0.3 is 0 Å². The van der Waals surface area contributed by atoms with Crippen LogP contribution >= 0.6 is 0 Å². The number of nitrogens with one attached hydrogen (secondary N) is 1. The standard InChI is InChI=1S/C14H19N3/c1-17-13-7-3-2-6-12(13)16-14(17)15-10-4-5-11-8-9-11/h2-3,6-7,11H,4-5,8-10H2,1H3,(H,15,16). The first-order valence-electron chi connectivity index (χ1n) is 6.50. The van der Waals surface area contributed by atoms with E-state index in [1.54, 1.807) is 0 Å². The summed E-state index contributed by atoms with van der Waals surface area (Å²) in [7, 11) is 2.07. The number of rotatable bonds is 5. The van der Waals surface area contributed by atoms with Crippen LogP contribution in [0.15, 0.2) is 24.3 Å². The molecule has 1 saturated carbocycles. The number of imidazole rings is 1. The summed E-state index contributed by atoms with van der Waals surface area (Å²) >= 11 is 0. The molecule has 1 aromatic carbocycles. The van der Waals surface area contributed by atoms with Gasteiger partial charge in [-0.25, -0.2) is 4.98 Å². The highest BCUT2D eigenvalue weighted by Crippen LogP contribution is 2.33. The van der Waals surface area contributed by atoms with E-state index < -0.39 is 0 Å². The zero-order valence-corrected chi connectivity index (χ0v) is 10.3. The average molecular weight is 229 g/mol. The molecule has 0 unspecified atom stereocenters. The van der Waals surface area contributed by atoms with Gasteiger partial charge in [0.15, 0.2) is 0 Å². The molecule has 3 heteroatoms. The third-order valence-corrected chi connectivity index (χ3v) is 3.56. The second kappa shape index (κ2) is 4.40. The molecule has 1 aromatic heterocycles. The summed E-state index contributed by atoms with van der Waals surface area (Å²) in [6.07, 6.45) is 5.53. The first kappa shape index (κ1) is 10.6. The van der Waals surface area contributed by atoms with Crippen molar-refractivity contribution in [2.45, 2.75) is 25.7 Å². The van der Waals surface area contributed by atoms with Crippen LogP contribution in [-0.4, -0.2) is 16.1 Å². The van der Waals surface area contributed by atoms with Crippen LogP contribution in [0.25, 0.3) is 11.0 Å². The molecule has 0 aliphatic heterocycles. The predicted molar refractivity (Wildman–Crippen MR) is 71.2 cm³/mol. The van der Waals surface area contributed by atoms with Gasteiger partial charge in [0.1, 0.15) is 0 Å². The summed E-state index contributed by atoms with van der Waals surface area (Å²) in [5.74, 6) is 2.01. The zero-order valence-electron chi connectivity index (χ0n) is 10.3. The maximum Gasteiger partial charge on any atom is 0.203 e. The van der Waals surface area contributed by atoms with Crippen LogP contribution in [0.4, 0.5) is 5.95 Å². The van der Waals surface area contributed by atoms with E-state index in [9.17, 15) is 0 Å². The quantitative estimate of drug-likeness (QED) is 0.798. The molecule has 0 spiro atoms. The van der Waals surface area contributed by atoms with Gasteiger partial charge in [0.25, 0.3) is 0 Å². The smallest absolute Gasteiger partial charge is 0.203 e. The van der Waals surface area contributed by atoms with E-state index in [-0.39, 0.29) is 0 Å². The molecule has 0 bridgehead atoms. The van der Waals surface area contributed by atoms with E-state index in [1.807, 2.05) is 6.07 Å². The summed E-state index contributed by atoms with van der Waals surface area (Å²) in [5.41, 5.74) is 2.26. The zero-order chi connectivity index (χ0) is 11.7. The Morgan fingerprint density at radius 1 is 1.35 bits per heavy atom. The summed E-state index contributed by atoms with van der Waals surface area (Å²) in [6.45, 7) is 1.04. The van der Waals surface area contributed by atoms with Gasteiger partial charge in [0.2, 0.25) is 5.95 Å². The topological polar surface area (TPSA) is 29.9 Å². The van der Waals surface area contributed by atoms with Crippen LogP contribution in [0.2, 0.25) is 0 Å². The lowest BCUT2D eigenvalue weighted by atomic mass is 10.2. The molecule has 17 heavy (non-hydrogen) atoms. The third-order valence-electron chi connectivity index (χ3n) is 3.56. The molecule has 1 heterocycles. The van der Waals surface area contributed by atoms with Crippen molar-refractivity contribution in [3.8, 4) is 0 Å². The Hall–Kier alpha value is -1.51. The number of aromatic nitrogens is 2. The summed E-state index contributed by atoms with van der Waals surface area (Å²) < 4.78 is 2.13. The number of fused-ring (bicyclic) bond motifs is 1. The predicted octanol–water partition coefficient (Wildman–Crippen LogP) is 3.18. The van der Waals surface area contributed by atoms with Crippen LogP contribution in [0.5, 0.6) is 0 Å². The van der Waals surface area contributed by atoms with Crippen LogP contribution < -0.4 is 5.32 Å². The fraction of sp³-hybridized carbons (Fsp3) is 0.500. The van der Waals surface area contributed by atoms with Crippen LogP contribution in [0, 0.1) is 5.92 Å². The monoisotopic (exact) mass is 229 g/mol. The number of anilines is 1. The molecule has 0 atom stereocenters. The fourth-order valence-electron chi connectivity index (χ4n) is 2.30. The molecule has 1 aliphatic rings. The van der Waals surface area contributed by atoms with Crippen LogP contribution in [0.3, 0.4) is 0 Å². The van der Waals surface area contributed by atoms with Crippen molar-refractivity contribution in [3.05, 3.63) is 24.3 Å². The lowest BCUT2D eigenvalue weighted by molar-refractivity contribution is 0.684. The van der Waals surface area contributed by atoms with Crippen molar-refractivity contribution in [1.82, 2.24) is 9.55 Å². The minimum atomic E-state index is 0.988. The Kier molecular flexibility index (Phi) is 2.75. The van der Waals surface area contributed by atoms with E-state index in [4.69, 9.17) is 0 Å². The first-order valence-corrected chi connectivity index (χ1v) is 6.50. The lowest BCUT2D eigenvalue weighted by Crippen LogP contribution is -2.06. The molecule has 3 nitrogen and oxygen atoms in total. The average Bonchev–Trinajstić information content (AvgIpc) is 3.12. The highest BCUT2D eigenvalue weighted by Gasteiger charge is 2.20. The second-order valence-corrected chi connectivity index (χ2v) is 5.00. The van der Waals surface area contributed by atoms with E-state index >= 15 is 0 Å². The number of hydrogen-bond donors (Lipinski definition) is 1. The number of benzene rings is 1. The summed E-state index contributed by atoms with van der Waals surface area (Å²) in [5, 5.41) is 3.44. The van der Waals surface area contributed by atoms with Gasteiger partial charge in [-0.2, -0.15) is 0 Å². The van der Waals surface area contributed by atoms with Crippen molar-refractivity contribution in [3.63, 3.8) is 0 Å². The molecule has 2 aromatic rings. The number of aryl methyl sites for hydroxylation is 1. The third kappa shape index (κ3) is 2.28. The minimum absolute atomic E-state index is 0.988. The number of nitrogens with zero attached hydrogens (tertiary/aromatic N) is 2. The molecule has 0 radical (unpaired) electrons. The second-order valence-electron chi connectivity index (χ2n) is 5.00. The van der Waals surface area contributed by atoms with Crippen molar-refractivity contribution in [2.24, 2.45) is 13.0 Å². The van der Waals surface area contributed by atoms with Gasteiger partial charge in [-0.1, -0.05) is 25.0 Å². The molecule has 3 rings (SSSR count). The Labute approximate surface area is 102 Å². The van der Waals surface area contributed by atoms with Gasteiger partial charge in [0.05, 0.1) is 11.0 Å². The molecule has 90 valence electrons. The Morgan fingerprint density at radius 2 is 2.18 bits per heavy atom. The lowest BCUT2D eigenvalue weighted by Gasteiger charge is -2.05. The molecule has 1 fully saturated rings. The minimum Gasteiger partial charge on any atom is -0.356 e. The van der Waals surface area contributed by atoms with Crippen molar-refractivity contribution in [1.29, 1.82) is 0 Å². The first-order chi connectivity index (χ1) is 8.34. The summed E-state index contributed by atoms with van der Waals surface area (Å²) in [6, 6.07) is 8.26. The number of para-hydroxylation sites is 2. The maximum absolute atomic E-state index is 4.60. The molecular weight excluding hydrogens is 210 g/mol. The van der Waals surface area contributed by atoms with E-state index in [1.165, 1.54) is 31.2 Å².